The lowest BCUT2D eigenvalue weighted by Gasteiger charge is -2.04. The van der Waals surface area contributed by atoms with Crippen molar-refractivity contribution in [2.24, 2.45) is 0 Å². The van der Waals surface area contributed by atoms with E-state index in [1.54, 1.807) is 6.92 Å². The highest BCUT2D eigenvalue weighted by Gasteiger charge is 2.17. The second-order valence-corrected chi connectivity index (χ2v) is 6.55. The first-order valence-electron chi connectivity index (χ1n) is 7.53. The zero-order valence-corrected chi connectivity index (χ0v) is 14.5. The molecule has 24 heavy (non-hydrogen) atoms. The maximum Gasteiger partial charge on any atom is 0.277 e. The van der Waals surface area contributed by atoms with Crippen molar-refractivity contribution in [2.45, 2.75) is 27.2 Å². The van der Waals surface area contributed by atoms with Gasteiger partial charge in [-0.1, -0.05) is 17.7 Å². The molecule has 0 spiro atoms. The first-order chi connectivity index (χ1) is 11.4. The van der Waals surface area contributed by atoms with Gasteiger partial charge in [-0.05, 0) is 32.9 Å². The molecule has 6 nitrogen and oxygen atoms in total. The predicted octanol–water partition coefficient (Wildman–Crippen LogP) is 2.73. The predicted molar refractivity (Wildman–Crippen MR) is 95.0 cm³/mol. The number of anilines is 1. The van der Waals surface area contributed by atoms with Gasteiger partial charge in [0.05, 0.1) is 12.1 Å². The number of nitrogens with zero attached hydrogens (tertiary/aromatic N) is 2. The number of aromatic amines is 1. The lowest BCUT2D eigenvalue weighted by atomic mass is 10.1. The number of aromatic nitrogens is 3. The maximum absolute atomic E-state index is 12.6. The standard InChI is InChI=1S/C17H18N4O2S/c1-10-4-6-13(7-5-10)19-15(22)8-14-12(3)20-21(16(14)23)17-18-11(2)9-24-17/h4-7,9,20H,8H2,1-3H3,(H,19,22). The van der Waals surface area contributed by atoms with E-state index in [1.807, 2.05) is 43.5 Å². The molecule has 0 fully saturated rings. The number of hydrogen-bond donors (Lipinski definition) is 2. The fraction of sp³-hybridized carbons (Fsp3) is 0.235. The largest absolute Gasteiger partial charge is 0.326 e. The van der Waals surface area contributed by atoms with Crippen LogP contribution in [0, 0.1) is 20.8 Å². The first kappa shape index (κ1) is 16.2. The van der Waals surface area contributed by atoms with Gasteiger partial charge in [-0.15, -0.1) is 11.3 Å². The van der Waals surface area contributed by atoms with E-state index in [0.29, 0.717) is 16.4 Å². The van der Waals surface area contributed by atoms with Crippen LogP contribution in [0.25, 0.3) is 5.13 Å². The van der Waals surface area contributed by atoms with Crippen molar-refractivity contribution in [3.05, 3.63) is 62.5 Å². The highest BCUT2D eigenvalue weighted by atomic mass is 32.1. The lowest BCUT2D eigenvalue weighted by Crippen LogP contribution is -2.22. The summed E-state index contributed by atoms with van der Waals surface area (Å²) in [5.41, 5.74) is 3.58. The number of nitrogens with one attached hydrogen (secondary N) is 2. The number of benzene rings is 1. The van der Waals surface area contributed by atoms with E-state index >= 15 is 0 Å². The molecule has 3 rings (SSSR count). The average Bonchev–Trinajstić information content (AvgIpc) is 3.08. The number of hydrogen-bond acceptors (Lipinski definition) is 4. The van der Waals surface area contributed by atoms with Crippen molar-refractivity contribution in [2.75, 3.05) is 5.32 Å². The molecule has 0 unspecified atom stereocenters. The summed E-state index contributed by atoms with van der Waals surface area (Å²) in [6, 6.07) is 7.53. The molecule has 0 aliphatic heterocycles. The summed E-state index contributed by atoms with van der Waals surface area (Å²) in [6.07, 6.45) is 0.0202. The first-order valence-corrected chi connectivity index (χ1v) is 8.41. The molecule has 1 amide bonds. The van der Waals surface area contributed by atoms with E-state index in [0.717, 1.165) is 16.9 Å². The van der Waals surface area contributed by atoms with Gasteiger partial charge in [0, 0.05) is 22.3 Å². The summed E-state index contributed by atoms with van der Waals surface area (Å²) in [5, 5.41) is 8.25. The quantitative estimate of drug-likeness (QED) is 0.765. The zero-order valence-electron chi connectivity index (χ0n) is 13.7. The van der Waals surface area contributed by atoms with Crippen LogP contribution in [0.1, 0.15) is 22.5 Å². The van der Waals surface area contributed by atoms with Crippen LogP contribution in [-0.4, -0.2) is 20.7 Å². The van der Waals surface area contributed by atoms with Gasteiger partial charge in [0.2, 0.25) is 11.0 Å². The minimum absolute atomic E-state index is 0.0202. The van der Waals surface area contributed by atoms with Crippen molar-refractivity contribution in [1.82, 2.24) is 14.8 Å². The third kappa shape index (κ3) is 3.30. The van der Waals surface area contributed by atoms with E-state index in [4.69, 9.17) is 0 Å². The molecule has 2 N–H and O–H groups in total. The number of carbonyl (C=O) groups is 1. The summed E-state index contributed by atoms with van der Waals surface area (Å²) in [7, 11) is 0. The molecule has 0 bridgehead atoms. The topological polar surface area (TPSA) is 79.8 Å². The molecule has 7 heteroatoms. The molecule has 3 aromatic rings. The minimum Gasteiger partial charge on any atom is -0.326 e. The van der Waals surface area contributed by atoms with E-state index in [9.17, 15) is 9.59 Å². The van der Waals surface area contributed by atoms with Gasteiger partial charge in [0.25, 0.3) is 5.56 Å². The monoisotopic (exact) mass is 342 g/mol. The SMILES string of the molecule is Cc1ccc(NC(=O)Cc2c(C)[nH]n(-c3nc(C)cs3)c2=O)cc1. The maximum atomic E-state index is 12.6. The molecule has 1 aromatic carbocycles. The number of carbonyl (C=O) groups excluding carboxylic acids is 1. The van der Waals surface area contributed by atoms with Crippen LogP contribution in [0.2, 0.25) is 0 Å². The van der Waals surface area contributed by atoms with E-state index in [2.05, 4.69) is 15.4 Å². The average molecular weight is 342 g/mol. The molecule has 2 aromatic heterocycles. The van der Waals surface area contributed by atoms with E-state index in [-0.39, 0.29) is 17.9 Å². The van der Waals surface area contributed by atoms with Crippen LogP contribution >= 0.6 is 11.3 Å². The number of thiazole rings is 1. The van der Waals surface area contributed by atoms with Crippen molar-refractivity contribution < 1.29 is 4.79 Å². The van der Waals surface area contributed by atoms with Gasteiger partial charge in [-0.3, -0.25) is 14.7 Å². The molecule has 0 saturated carbocycles. The third-order valence-corrected chi connectivity index (χ3v) is 4.61. The zero-order chi connectivity index (χ0) is 17.3. The number of H-pyrrole nitrogens is 1. The Balaban J connectivity index is 1.80. The number of amides is 1. The summed E-state index contributed by atoms with van der Waals surface area (Å²) in [5.74, 6) is -0.222. The summed E-state index contributed by atoms with van der Waals surface area (Å²) in [6.45, 7) is 5.64. The molecule has 0 saturated heterocycles. The number of aryl methyl sites for hydroxylation is 3. The summed E-state index contributed by atoms with van der Waals surface area (Å²) < 4.78 is 1.39. The second kappa shape index (κ2) is 6.45. The van der Waals surface area contributed by atoms with Crippen LogP contribution in [-0.2, 0) is 11.2 Å². The highest BCUT2D eigenvalue weighted by Crippen LogP contribution is 2.14. The Hall–Kier alpha value is -2.67. The van der Waals surface area contributed by atoms with Crippen LogP contribution in [0.3, 0.4) is 0 Å². The van der Waals surface area contributed by atoms with Gasteiger partial charge < -0.3 is 5.32 Å². The van der Waals surface area contributed by atoms with Crippen molar-refractivity contribution >= 4 is 22.9 Å². The normalized spacial score (nSPS) is 10.8. The molecule has 0 aliphatic rings. The van der Waals surface area contributed by atoms with Crippen LogP contribution in [0.15, 0.2) is 34.4 Å². The Morgan fingerprint density at radius 3 is 2.58 bits per heavy atom. The molecule has 0 aliphatic carbocycles. The third-order valence-electron chi connectivity index (χ3n) is 3.66. The Bertz CT molecular complexity index is 934. The van der Waals surface area contributed by atoms with E-state index in [1.165, 1.54) is 16.0 Å². The Labute approximate surface area is 143 Å². The summed E-state index contributed by atoms with van der Waals surface area (Å²) in [4.78, 5) is 29.1. The molecular weight excluding hydrogens is 324 g/mol. The Kier molecular flexibility index (Phi) is 4.35. The minimum atomic E-state index is -0.235. The molecule has 0 radical (unpaired) electrons. The fourth-order valence-electron chi connectivity index (χ4n) is 2.37. The van der Waals surface area contributed by atoms with Crippen molar-refractivity contribution in [1.29, 1.82) is 0 Å². The second-order valence-electron chi connectivity index (χ2n) is 5.72. The number of rotatable bonds is 4. The smallest absolute Gasteiger partial charge is 0.277 e. The Morgan fingerprint density at radius 2 is 1.96 bits per heavy atom. The Morgan fingerprint density at radius 1 is 1.25 bits per heavy atom. The van der Waals surface area contributed by atoms with Crippen molar-refractivity contribution in [3.8, 4) is 5.13 Å². The van der Waals surface area contributed by atoms with Crippen LogP contribution in [0.5, 0.6) is 0 Å². The van der Waals surface area contributed by atoms with E-state index < -0.39 is 0 Å². The van der Waals surface area contributed by atoms with Crippen LogP contribution < -0.4 is 10.9 Å². The molecule has 2 heterocycles. The van der Waals surface area contributed by atoms with Gasteiger partial charge in [0.1, 0.15) is 0 Å². The lowest BCUT2D eigenvalue weighted by molar-refractivity contribution is -0.115. The molecular formula is C17H18N4O2S. The summed E-state index contributed by atoms with van der Waals surface area (Å²) >= 11 is 1.38. The van der Waals surface area contributed by atoms with Gasteiger partial charge in [0.15, 0.2) is 0 Å². The molecule has 124 valence electrons. The van der Waals surface area contributed by atoms with Gasteiger partial charge in [-0.25, -0.2) is 4.98 Å². The molecule has 0 atom stereocenters. The van der Waals surface area contributed by atoms with Crippen molar-refractivity contribution in [3.63, 3.8) is 0 Å². The van der Waals surface area contributed by atoms with Gasteiger partial charge in [-0.2, -0.15) is 4.68 Å². The highest BCUT2D eigenvalue weighted by molar-refractivity contribution is 7.12. The fourth-order valence-corrected chi connectivity index (χ4v) is 3.13. The van der Waals surface area contributed by atoms with Crippen LogP contribution in [0.4, 0.5) is 5.69 Å². The van der Waals surface area contributed by atoms with Gasteiger partial charge >= 0.3 is 0 Å².